The highest BCUT2D eigenvalue weighted by atomic mass is 79.9. The van der Waals surface area contributed by atoms with Gasteiger partial charge in [0.05, 0.1) is 18.1 Å². The van der Waals surface area contributed by atoms with Crippen LogP contribution in [-0.4, -0.2) is 37.1 Å². The topological polar surface area (TPSA) is 84.7 Å². The number of nitrogens with zero attached hydrogens (tertiary/aromatic N) is 2. The number of ether oxygens (including phenoxy) is 1. The molecule has 1 heterocycles. The summed E-state index contributed by atoms with van der Waals surface area (Å²) in [6.45, 7) is 2.24. The molecular formula is C17H16BrN3O4. The van der Waals surface area contributed by atoms with Crippen molar-refractivity contribution in [2.24, 2.45) is 0 Å². The van der Waals surface area contributed by atoms with Gasteiger partial charge in [-0.25, -0.2) is 0 Å². The van der Waals surface area contributed by atoms with Gasteiger partial charge in [-0.2, -0.15) is 0 Å². The van der Waals surface area contributed by atoms with Gasteiger partial charge in [-0.05, 0) is 36.4 Å². The molecule has 0 spiro atoms. The third kappa shape index (κ3) is 4.15. The van der Waals surface area contributed by atoms with Gasteiger partial charge in [0.1, 0.15) is 5.69 Å². The lowest BCUT2D eigenvalue weighted by molar-refractivity contribution is -0.384. The Morgan fingerprint density at radius 1 is 1.16 bits per heavy atom. The highest BCUT2D eigenvalue weighted by Crippen LogP contribution is 2.30. The molecule has 0 unspecified atom stereocenters. The molecule has 3 rings (SSSR count). The van der Waals surface area contributed by atoms with E-state index in [9.17, 15) is 14.9 Å². The Hall–Kier alpha value is -2.45. The van der Waals surface area contributed by atoms with E-state index >= 15 is 0 Å². The molecule has 0 atom stereocenters. The van der Waals surface area contributed by atoms with Gasteiger partial charge in [-0.15, -0.1) is 0 Å². The van der Waals surface area contributed by atoms with Crippen LogP contribution in [0.2, 0.25) is 0 Å². The molecule has 2 aromatic carbocycles. The van der Waals surface area contributed by atoms with Gasteiger partial charge in [-0.1, -0.05) is 15.9 Å². The summed E-state index contributed by atoms with van der Waals surface area (Å²) in [4.78, 5) is 25.3. The minimum absolute atomic E-state index is 0.0784. The predicted octanol–water partition coefficient (Wildman–Crippen LogP) is 3.45. The van der Waals surface area contributed by atoms with E-state index in [0.29, 0.717) is 37.7 Å². The summed E-state index contributed by atoms with van der Waals surface area (Å²) in [5, 5.41) is 14.2. The number of carbonyl (C=O) groups is 1. The molecule has 1 saturated heterocycles. The number of rotatable bonds is 4. The standard InChI is InChI=1S/C17H16BrN3O4/c18-13-2-4-14(5-3-13)19-17(22)12-1-6-15(16(11-12)21(23)24)20-7-9-25-10-8-20/h1-6,11H,7-10H2,(H,19,22). The fourth-order valence-electron chi connectivity index (χ4n) is 2.62. The van der Waals surface area contributed by atoms with Crippen LogP contribution in [0.25, 0.3) is 0 Å². The molecule has 1 aliphatic rings. The second kappa shape index (κ2) is 7.62. The van der Waals surface area contributed by atoms with Crippen molar-refractivity contribution in [2.45, 2.75) is 0 Å². The molecule has 0 radical (unpaired) electrons. The second-order valence-corrected chi connectivity index (χ2v) is 6.44. The van der Waals surface area contributed by atoms with Crippen LogP contribution in [0.1, 0.15) is 10.4 Å². The number of nitro benzene ring substituents is 1. The normalized spacial score (nSPS) is 14.2. The van der Waals surface area contributed by atoms with Crippen molar-refractivity contribution >= 4 is 38.9 Å². The molecule has 1 N–H and O–H groups in total. The van der Waals surface area contributed by atoms with Crippen LogP contribution in [0, 0.1) is 10.1 Å². The zero-order valence-corrected chi connectivity index (χ0v) is 14.9. The molecule has 25 heavy (non-hydrogen) atoms. The lowest BCUT2D eigenvalue weighted by atomic mass is 10.1. The van der Waals surface area contributed by atoms with Gasteiger partial charge in [0, 0.05) is 34.9 Å². The maximum absolute atomic E-state index is 12.4. The number of anilines is 2. The van der Waals surface area contributed by atoms with Gasteiger partial charge in [0.25, 0.3) is 11.6 Å². The van der Waals surface area contributed by atoms with Crippen LogP contribution < -0.4 is 10.2 Å². The van der Waals surface area contributed by atoms with Gasteiger partial charge >= 0.3 is 0 Å². The molecule has 0 bridgehead atoms. The summed E-state index contributed by atoms with van der Waals surface area (Å²) in [5.74, 6) is -0.390. The lowest BCUT2D eigenvalue weighted by Crippen LogP contribution is -2.36. The Kier molecular flexibility index (Phi) is 5.30. The van der Waals surface area contributed by atoms with Crippen LogP contribution in [0.15, 0.2) is 46.9 Å². The number of nitro groups is 1. The first-order valence-electron chi connectivity index (χ1n) is 7.72. The number of carbonyl (C=O) groups excluding carboxylic acids is 1. The van der Waals surface area contributed by atoms with E-state index in [1.54, 1.807) is 36.4 Å². The van der Waals surface area contributed by atoms with E-state index < -0.39 is 4.92 Å². The zero-order valence-electron chi connectivity index (χ0n) is 13.3. The molecule has 1 amide bonds. The third-order valence-electron chi connectivity index (χ3n) is 3.89. The average molecular weight is 406 g/mol. The SMILES string of the molecule is O=C(Nc1ccc(Br)cc1)c1ccc(N2CCOCC2)c([N+](=O)[O-])c1. The van der Waals surface area contributed by atoms with Gasteiger partial charge in [0.15, 0.2) is 0 Å². The number of morpholine rings is 1. The first kappa shape index (κ1) is 17.4. The second-order valence-electron chi connectivity index (χ2n) is 5.52. The van der Waals surface area contributed by atoms with Crippen LogP contribution in [0.4, 0.5) is 17.1 Å². The molecule has 130 valence electrons. The quantitative estimate of drug-likeness (QED) is 0.621. The smallest absolute Gasteiger partial charge is 0.293 e. The largest absolute Gasteiger partial charge is 0.378 e. The minimum Gasteiger partial charge on any atom is -0.378 e. The third-order valence-corrected chi connectivity index (χ3v) is 4.42. The van der Waals surface area contributed by atoms with Crippen molar-refractivity contribution in [2.75, 3.05) is 36.5 Å². The first-order valence-corrected chi connectivity index (χ1v) is 8.52. The number of amides is 1. The van der Waals surface area contributed by atoms with Crippen molar-refractivity contribution in [1.29, 1.82) is 0 Å². The zero-order chi connectivity index (χ0) is 17.8. The van der Waals surface area contributed by atoms with E-state index in [1.807, 2.05) is 4.90 Å². The lowest BCUT2D eigenvalue weighted by Gasteiger charge is -2.28. The fraction of sp³-hybridized carbons (Fsp3) is 0.235. The Morgan fingerprint density at radius 2 is 1.84 bits per heavy atom. The number of nitrogens with one attached hydrogen (secondary N) is 1. The van der Waals surface area contributed by atoms with Crippen molar-refractivity contribution in [3.8, 4) is 0 Å². The van der Waals surface area contributed by atoms with E-state index in [0.717, 1.165) is 4.47 Å². The number of hydrogen-bond donors (Lipinski definition) is 1. The highest BCUT2D eigenvalue weighted by molar-refractivity contribution is 9.10. The molecule has 1 aliphatic heterocycles. The number of benzene rings is 2. The van der Waals surface area contributed by atoms with E-state index in [4.69, 9.17) is 4.74 Å². The Morgan fingerprint density at radius 3 is 2.48 bits per heavy atom. The maximum Gasteiger partial charge on any atom is 0.293 e. The summed E-state index contributed by atoms with van der Waals surface area (Å²) >= 11 is 3.33. The maximum atomic E-state index is 12.4. The minimum atomic E-state index is -0.457. The molecule has 8 heteroatoms. The molecular weight excluding hydrogens is 390 g/mol. The number of hydrogen-bond acceptors (Lipinski definition) is 5. The summed E-state index contributed by atoms with van der Waals surface area (Å²) in [5.41, 5.74) is 1.29. The Bertz CT molecular complexity index is 789. The highest BCUT2D eigenvalue weighted by Gasteiger charge is 2.23. The van der Waals surface area contributed by atoms with Crippen LogP contribution in [0.5, 0.6) is 0 Å². The molecule has 1 fully saturated rings. The predicted molar refractivity (Wildman–Crippen MR) is 98.2 cm³/mol. The average Bonchev–Trinajstić information content (AvgIpc) is 2.63. The molecule has 7 nitrogen and oxygen atoms in total. The van der Waals surface area contributed by atoms with Crippen molar-refractivity contribution < 1.29 is 14.5 Å². The van der Waals surface area contributed by atoms with Gasteiger partial charge in [0.2, 0.25) is 0 Å². The van der Waals surface area contributed by atoms with Crippen molar-refractivity contribution in [3.63, 3.8) is 0 Å². The summed E-state index contributed by atoms with van der Waals surface area (Å²) in [7, 11) is 0. The first-order chi connectivity index (χ1) is 12.0. The summed E-state index contributed by atoms with van der Waals surface area (Å²) < 4.78 is 6.18. The summed E-state index contributed by atoms with van der Waals surface area (Å²) in [6, 6.07) is 11.7. The molecule has 0 aromatic heterocycles. The van der Waals surface area contributed by atoms with Crippen molar-refractivity contribution in [1.82, 2.24) is 0 Å². The van der Waals surface area contributed by atoms with Gasteiger partial charge in [-0.3, -0.25) is 14.9 Å². The molecule has 0 saturated carbocycles. The molecule has 2 aromatic rings. The van der Waals surface area contributed by atoms with E-state index in [-0.39, 0.29) is 17.2 Å². The van der Waals surface area contributed by atoms with Crippen LogP contribution in [-0.2, 0) is 4.74 Å². The fourth-order valence-corrected chi connectivity index (χ4v) is 2.88. The molecule has 0 aliphatic carbocycles. The number of halogens is 1. The summed E-state index contributed by atoms with van der Waals surface area (Å²) in [6.07, 6.45) is 0. The van der Waals surface area contributed by atoms with Gasteiger partial charge < -0.3 is 15.0 Å². The van der Waals surface area contributed by atoms with E-state index in [2.05, 4.69) is 21.2 Å². The van der Waals surface area contributed by atoms with Crippen molar-refractivity contribution in [3.05, 3.63) is 62.6 Å². The van der Waals surface area contributed by atoms with Crippen LogP contribution >= 0.6 is 15.9 Å². The Balaban J connectivity index is 1.84. The van der Waals surface area contributed by atoms with E-state index in [1.165, 1.54) is 6.07 Å². The monoisotopic (exact) mass is 405 g/mol. The van der Waals surface area contributed by atoms with Crippen LogP contribution in [0.3, 0.4) is 0 Å². The Labute approximate surface area is 152 Å².